The topological polar surface area (TPSA) is 173 Å². The minimum Gasteiger partial charge on any atom is -0.385 e. The molecule has 0 spiro atoms. The zero-order chi connectivity index (χ0) is 20.0. The van der Waals surface area contributed by atoms with Crippen molar-refractivity contribution in [2.75, 3.05) is 6.54 Å². The number of hydrogen-bond acceptors (Lipinski definition) is 7. The Bertz CT molecular complexity index is 995. The Labute approximate surface area is 153 Å². The molecule has 2 fully saturated rings. The first kappa shape index (κ1) is 19.4. The highest BCUT2D eigenvalue weighted by Crippen LogP contribution is 2.31. The smallest absolute Gasteiger partial charge is 0.385 e. The molecule has 148 valence electrons. The molecule has 2 atom stereocenters. The number of rotatable bonds is 5. The third kappa shape index (κ3) is 4.00. The quantitative estimate of drug-likeness (QED) is 0.268. The van der Waals surface area contributed by atoms with Crippen LogP contribution < -0.4 is 5.73 Å². The number of hydrogen-bond donors (Lipinski definition) is 2. The number of fused-ring (bicyclic) bond motifs is 2. The Kier molecular flexibility index (Phi) is 4.79. The molecule has 0 aliphatic carbocycles. The van der Waals surface area contributed by atoms with Gasteiger partial charge in [0.1, 0.15) is 10.7 Å². The molecule has 2 amide bonds. The fraction of sp³-hybridized carbons (Fsp3) is 0.417. The molecule has 0 aromatic carbocycles. The van der Waals surface area contributed by atoms with Crippen molar-refractivity contribution in [1.29, 1.82) is 0 Å². The normalized spacial score (nSPS) is 23.8. The molecule has 1 aromatic rings. The Hall–Kier alpha value is -2.36. The van der Waals surface area contributed by atoms with Gasteiger partial charge in [0.05, 0.1) is 18.3 Å². The summed E-state index contributed by atoms with van der Waals surface area (Å²) in [4.78, 5) is 16.2. The van der Waals surface area contributed by atoms with E-state index in [1.807, 2.05) is 0 Å². The Morgan fingerprint density at radius 2 is 2.04 bits per heavy atom. The van der Waals surface area contributed by atoms with Gasteiger partial charge in [0, 0.05) is 6.54 Å². The fourth-order valence-corrected chi connectivity index (χ4v) is 4.23. The van der Waals surface area contributed by atoms with E-state index in [9.17, 15) is 26.0 Å². The molecule has 0 radical (unpaired) electrons. The van der Waals surface area contributed by atoms with Crippen LogP contribution in [-0.2, 0) is 24.7 Å². The van der Waals surface area contributed by atoms with Crippen molar-refractivity contribution in [3.8, 4) is 0 Å². The number of amidine groups is 1. The van der Waals surface area contributed by atoms with Crippen molar-refractivity contribution in [1.82, 2.24) is 14.9 Å². The maximum Gasteiger partial charge on any atom is 0.418 e. The molecule has 2 aliphatic heterocycles. The average molecular weight is 423 g/mol. The van der Waals surface area contributed by atoms with Crippen LogP contribution in [0.25, 0.3) is 0 Å². The van der Waals surface area contributed by atoms with Crippen LogP contribution in [0, 0.1) is 5.95 Å². The van der Waals surface area contributed by atoms with Crippen LogP contribution in [0.2, 0.25) is 0 Å². The average Bonchev–Trinajstić information content (AvgIpc) is 2.78. The number of nitrogens with zero attached hydrogens (tertiary/aromatic N) is 4. The molecule has 2 saturated heterocycles. The lowest BCUT2D eigenvalue weighted by molar-refractivity contribution is -0.0316. The monoisotopic (exact) mass is 423 g/mol. The highest BCUT2D eigenvalue weighted by molar-refractivity contribution is 7.90. The van der Waals surface area contributed by atoms with Gasteiger partial charge in [-0.2, -0.15) is 26.3 Å². The first-order valence-corrected chi connectivity index (χ1v) is 10.3. The van der Waals surface area contributed by atoms with Crippen molar-refractivity contribution in [2.45, 2.75) is 29.8 Å². The maximum absolute atomic E-state index is 12.8. The van der Waals surface area contributed by atoms with Crippen molar-refractivity contribution < 1.29 is 34.9 Å². The molecule has 3 heterocycles. The third-order valence-corrected chi connectivity index (χ3v) is 5.70. The number of nitrogens with two attached hydrogens (primary N) is 1. The van der Waals surface area contributed by atoms with Gasteiger partial charge >= 0.3 is 16.4 Å². The van der Waals surface area contributed by atoms with Crippen LogP contribution in [0.15, 0.2) is 27.6 Å². The van der Waals surface area contributed by atoms with Gasteiger partial charge in [-0.05, 0) is 25.0 Å². The second kappa shape index (κ2) is 6.66. The number of pyridine rings is 1. The van der Waals surface area contributed by atoms with Crippen LogP contribution in [0.3, 0.4) is 0 Å². The molecule has 3 N–H and O–H groups in total. The summed E-state index contributed by atoms with van der Waals surface area (Å²) in [5, 5.41) is 0.501. The molecule has 3 rings (SSSR count). The molecule has 27 heavy (non-hydrogen) atoms. The van der Waals surface area contributed by atoms with Gasteiger partial charge in [0.25, 0.3) is 10.0 Å². The highest BCUT2D eigenvalue weighted by atomic mass is 32.3. The number of carbonyl (C=O) groups excluding carboxylic acids is 1. The van der Waals surface area contributed by atoms with Gasteiger partial charge in [-0.1, -0.05) is 0 Å². The van der Waals surface area contributed by atoms with Crippen molar-refractivity contribution in [3.63, 3.8) is 0 Å². The van der Waals surface area contributed by atoms with E-state index in [1.165, 1.54) is 0 Å². The van der Waals surface area contributed by atoms with Gasteiger partial charge in [0.2, 0.25) is 5.95 Å². The fourth-order valence-electron chi connectivity index (χ4n) is 2.91. The Morgan fingerprint density at radius 1 is 1.33 bits per heavy atom. The number of piperidine rings is 1. The number of sulfonamides is 1. The van der Waals surface area contributed by atoms with Gasteiger partial charge in [-0.15, -0.1) is 8.68 Å². The molecule has 0 saturated carbocycles. The lowest BCUT2D eigenvalue weighted by Crippen LogP contribution is -2.48. The standard InChI is InChI=1S/C12H14FN5O7S2/c13-10-4-2-8(5-15-10)26(20,21)16-11(14)9-3-1-7-6-17(9)12(19)18(7)25-27(22,23)24/h2,4-5,7,9H,1,3,6H2,(H2,14,16)(H,22,23,24)/t7-,9+/m1/s1. The van der Waals surface area contributed by atoms with Gasteiger partial charge in [-0.25, -0.2) is 9.78 Å². The van der Waals surface area contributed by atoms with Crippen LogP contribution in [0.4, 0.5) is 9.18 Å². The summed E-state index contributed by atoms with van der Waals surface area (Å²) in [6.45, 7) is 0.00733. The largest absolute Gasteiger partial charge is 0.418 e. The molecule has 15 heteroatoms. The summed E-state index contributed by atoms with van der Waals surface area (Å²) in [6, 6.07) is -0.667. The zero-order valence-corrected chi connectivity index (χ0v) is 15.1. The summed E-state index contributed by atoms with van der Waals surface area (Å²) in [5.74, 6) is -1.27. The number of amides is 2. The lowest BCUT2D eigenvalue weighted by Gasteiger charge is -2.29. The summed E-state index contributed by atoms with van der Waals surface area (Å²) >= 11 is 0. The molecular formula is C12H14FN5O7S2. The van der Waals surface area contributed by atoms with Gasteiger partial charge in [-0.3, -0.25) is 4.55 Å². The summed E-state index contributed by atoms with van der Waals surface area (Å²) < 4.78 is 75.6. The van der Waals surface area contributed by atoms with Gasteiger partial charge in [0.15, 0.2) is 0 Å². The van der Waals surface area contributed by atoms with Crippen molar-refractivity contribution in [2.24, 2.45) is 10.1 Å². The summed E-state index contributed by atoms with van der Waals surface area (Å²) in [7, 11) is -9.19. The van der Waals surface area contributed by atoms with E-state index in [1.54, 1.807) is 0 Å². The van der Waals surface area contributed by atoms with Crippen molar-refractivity contribution >= 4 is 32.3 Å². The lowest BCUT2D eigenvalue weighted by atomic mass is 10.0. The maximum atomic E-state index is 12.8. The zero-order valence-electron chi connectivity index (χ0n) is 13.5. The first-order chi connectivity index (χ1) is 12.5. The van der Waals surface area contributed by atoms with Gasteiger partial charge < -0.3 is 10.6 Å². The number of halogens is 1. The molecular weight excluding hydrogens is 409 g/mol. The van der Waals surface area contributed by atoms with Crippen LogP contribution in [0.1, 0.15) is 12.8 Å². The number of hydroxylamine groups is 2. The van der Waals surface area contributed by atoms with Crippen LogP contribution >= 0.6 is 0 Å². The first-order valence-electron chi connectivity index (χ1n) is 7.46. The van der Waals surface area contributed by atoms with E-state index in [0.717, 1.165) is 23.2 Å². The van der Waals surface area contributed by atoms with E-state index in [2.05, 4.69) is 13.7 Å². The SMILES string of the molecule is NC(=NS(=O)(=O)c1ccc(F)nc1)[C@@H]1CC[C@@H]2CN1C(=O)N2OS(=O)(=O)O. The highest BCUT2D eigenvalue weighted by Gasteiger charge is 2.48. The summed E-state index contributed by atoms with van der Waals surface area (Å²) in [5.41, 5.74) is 5.78. The number of carbonyl (C=O) groups is 1. The number of aromatic nitrogens is 1. The van der Waals surface area contributed by atoms with E-state index in [4.69, 9.17) is 10.3 Å². The second-order valence-corrected chi connectivity index (χ2v) is 8.43. The van der Waals surface area contributed by atoms with Crippen LogP contribution in [-0.4, -0.2) is 66.8 Å². The predicted octanol–water partition coefficient (Wildman–Crippen LogP) is -0.730. The van der Waals surface area contributed by atoms with E-state index < -0.39 is 50.3 Å². The Balaban J connectivity index is 1.84. The minimum atomic E-state index is -4.90. The van der Waals surface area contributed by atoms with E-state index in [-0.39, 0.29) is 24.3 Å². The third-order valence-electron chi connectivity index (χ3n) is 4.06. The molecule has 2 bridgehead atoms. The Morgan fingerprint density at radius 3 is 2.63 bits per heavy atom. The minimum absolute atomic E-state index is 0.00733. The van der Waals surface area contributed by atoms with E-state index in [0.29, 0.717) is 5.06 Å². The summed E-state index contributed by atoms with van der Waals surface area (Å²) in [6.07, 6.45) is 1.20. The molecule has 0 unspecified atom stereocenters. The number of urea groups is 1. The molecule has 12 nitrogen and oxygen atoms in total. The molecule has 2 aliphatic rings. The predicted molar refractivity (Wildman–Crippen MR) is 86.4 cm³/mol. The second-order valence-electron chi connectivity index (χ2n) is 5.82. The van der Waals surface area contributed by atoms with E-state index >= 15 is 0 Å². The van der Waals surface area contributed by atoms with Crippen molar-refractivity contribution in [3.05, 3.63) is 24.3 Å². The van der Waals surface area contributed by atoms with Crippen LogP contribution in [0.5, 0.6) is 0 Å². The molecule has 1 aromatic heterocycles.